The van der Waals surface area contributed by atoms with Crippen LogP contribution >= 0.6 is 11.3 Å². The van der Waals surface area contributed by atoms with E-state index >= 15 is 0 Å². The molecule has 0 bridgehead atoms. The standard InChI is InChI=1S/C12H12N2O2S2/c13-10-6-8(12(14)15)3-4-9(10)7-18(16)11-2-1-5-17-11/h1-6H,7,13H2,(H2,14,15). The van der Waals surface area contributed by atoms with Crippen LogP contribution in [0.3, 0.4) is 0 Å². The second-order valence-corrected chi connectivity index (χ2v) is 6.33. The van der Waals surface area contributed by atoms with Crippen molar-refractivity contribution in [2.24, 2.45) is 5.73 Å². The van der Waals surface area contributed by atoms with Gasteiger partial charge in [0, 0.05) is 11.3 Å². The minimum Gasteiger partial charge on any atom is -0.398 e. The lowest BCUT2D eigenvalue weighted by Gasteiger charge is -2.06. The van der Waals surface area contributed by atoms with Crippen LogP contribution in [-0.2, 0) is 16.6 Å². The highest BCUT2D eigenvalue weighted by Gasteiger charge is 2.10. The molecule has 0 aliphatic heterocycles. The predicted octanol–water partition coefficient (Wildman–Crippen LogP) is 1.74. The number of primary amides is 1. The van der Waals surface area contributed by atoms with Gasteiger partial charge in [-0.3, -0.25) is 9.00 Å². The van der Waals surface area contributed by atoms with Crippen molar-refractivity contribution in [2.75, 3.05) is 5.73 Å². The van der Waals surface area contributed by atoms with E-state index in [1.54, 1.807) is 12.1 Å². The SMILES string of the molecule is NC(=O)c1ccc(CS(=O)c2cccs2)c(N)c1. The zero-order valence-electron chi connectivity index (χ0n) is 9.46. The van der Waals surface area contributed by atoms with Gasteiger partial charge in [-0.25, -0.2) is 0 Å². The summed E-state index contributed by atoms with van der Waals surface area (Å²) in [5, 5.41) is 1.88. The average Bonchev–Trinajstić information content (AvgIpc) is 2.85. The molecule has 1 aromatic heterocycles. The smallest absolute Gasteiger partial charge is 0.248 e. The largest absolute Gasteiger partial charge is 0.398 e. The zero-order chi connectivity index (χ0) is 13.1. The van der Waals surface area contributed by atoms with E-state index < -0.39 is 16.7 Å². The Labute approximate surface area is 111 Å². The van der Waals surface area contributed by atoms with Crippen LogP contribution < -0.4 is 11.5 Å². The van der Waals surface area contributed by atoms with Gasteiger partial charge in [-0.05, 0) is 29.1 Å². The van der Waals surface area contributed by atoms with Gasteiger partial charge in [-0.15, -0.1) is 11.3 Å². The molecule has 18 heavy (non-hydrogen) atoms. The number of amides is 1. The molecule has 1 heterocycles. The third kappa shape index (κ3) is 2.77. The van der Waals surface area contributed by atoms with Crippen LogP contribution in [0.5, 0.6) is 0 Å². The highest BCUT2D eigenvalue weighted by atomic mass is 32.2. The van der Waals surface area contributed by atoms with Crippen LogP contribution in [0, 0.1) is 0 Å². The van der Waals surface area contributed by atoms with Gasteiger partial charge in [0.25, 0.3) is 0 Å². The van der Waals surface area contributed by atoms with Crippen molar-refractivity contribution in [3.8, 4) is 0 Å². The molecule has 0 aliphatic carbocycles. The van der Waals surface area contributed by atoms with E-state index in [1.807, 2.05) is 17.5 Å². The van der Waals surface area contributed by atoms with Crippen molar-refractivity contribution in [3.63, 3.8) is 0 Å². The highest BCUT2D eigenvalue weighted by molar-refractivity contribution is 7.86. The maximum absolute atomic E-state index is 12.0. The first-order chi connectivity index (χ1) is 8.58. The molecule has 4 N–H and O–H groups in total. The number of anilines is 1. The summed E-state index contributed by atoms with van der Waals surface area (Å²) in [6, 6.07) is 8.50. The van der Waals surface area contributed by atoms with Crippen molar-refractivity contribution in [2.45, 2.75) is 9.96 Å². The van der Waals surface area contributed by atoms with E-state index in [4.69, 9.17) is 11.5 Å². The van der Waals surface area contributed by atoms with E-state index in [2.05, 4.69) is 0 Å². The molecule has 0 saturated carbocycles. The Bertz CT molecular complexity index is 594. The highest BCUT2D eigenvalue weighted by Crippen LogP contribution is 2.21. The third-order valence-corrected chi connectivity index (χ3v) is 5.10. The van der Waals surface area contributed by atoms with Gasteiger partial charge in [0.2, 0.25) is 5.91 Å². The van der Waals surface area contributed by atoms with Crippen molar-refractivity contribution < 1.29 is 9.00 Å². The Morgan fingerprint density at radius 2 is 2.11 bits per heavy atom. The lowest BCUT2D eigenvalue weighted by molar-refractivity contribution is 0.100. The Morgan fingerprint density at radius 1 is 1.33 bits per heavy atom. The van der Waals surface area contributed by atoms with Crippen molar-refractivity contribution in [1.82, 2.24) is 0 Å². The summed E-state index contributed by atoms with van der Waals surface area (Å²) in [6.07, 6.45) is 0. The van der Waals surface area contributed by atoms with Gasteiger partial charge in [0.15, 0.2) is 0 Å². The number of nitrogen functional groups attached to an aromatic ring is 1. The Kier molecular flexibility index (Phi) is 3.78. The summed E-state index contributed by atoms with van der Waals surface area (Å²) >= 11 is 1.45. The van der Waals surface area contributed by atoms with Gasteiger partial charge >= 0.3 is 0 Å². The Balaban J connectivity index is 2.20. The summed E-state index contributed by atoms with van der Waals surface area (Å²) < 4.78 is 12.8. The molecule has 4 nitrogen and oxygen atoms in total. The minimum absolute atomic E-state index is 0.339. The lowest BCUT2D eigenvalue weighted by atomic mass is 10.1. The molecule has 1 amide bonds. The fourth-order valence-electron chi connectivity index (χ4n) is 1.49. The van der Waals surface area contributed by atoms with Crippen LogP contribution in [0.4, 0.5) is 5.69 Å². The molecule has 1 aromatic carbocycles. The third-order valence-electron chi connectivity index (χ3n) is 2.44. The van der Waals surface area contributed by atoms with Gasteiger partial charge in [0.1, 0.15) is 0 Å². The maximum Gasteiger partial charge on any atom is 0.248 e. The number of hydrogen-bond donors (Lipinski definition) is 2. The molecular formula is C12H12N2O2S2. The van der Waals surface area contributed by atoms with Gasteiger partial charge in [-0.2, -0.15) is 0 Å². The van der Waals surface area contributed by atoms with Crippen LogP contribution in [0.15, 0.2) is 39.9 Å². The van der Waals surface area contributed by atoms with Crippen molar-refractivity contribution in [3.05, 3.63) is 46.8 Å². The fourth-order valence-corrected chi connectivity index (χ4v) is 3.62. The first kappa shape index (κ1) is 12.8. The number of carbonyl (C=O) groups excluding carboxylic acids is 1. The molecule has 0 radical (unpaired) electrons. The van der Waals surface area contributed by atoms with Gasteiger partial charge in [-0.1, -0.05) is 12.1 Å². The van der Waals surface area contributed by atoms with E-state index in [0.717, 1.165) is 9.77 Å². The molecule has 0 spiro atoms. The number of benzene rings is 1. The van der Waals surface area contributed by atoms with E-state index in [0.29, 0.717) is 17.0 Å². The molecule has 1 atom stereocenters. The quantitative estimate of drug-likeness (QED) is 0.836. The van der Waals surface area contributed by atoms with Crippen molar-refractivity contribution >= 4 is 33.7 Å². The Hall–Kier alpha value is -1.66. The topological polar surface area (TPSA) is 86.2 Å². The molecular weight excluding hydrogens is 268 g/mol. The summed E-state index contributed by atoms with van der Waals surface area (Å²) in [5.41, 5.74) is 12.5. The number of nitrogens with two attached hydrogens (primary N) is 2. The molecule has 1 unspecified atom stereocenters. The molecule has 0 fully saturated rings. The number of hydrogen-bond acceptors (Lipinski definition) is 4. The number of thiophene rings is 1. The van der Waals surface area contributed by atoms with Crippen molar-refractivity contribution in [1.29, 1.82) is 0 Å². The monoisotopic (exact) mass is 280 g/mol. The number of carbonyl (C=O) groups is 1. The normalized spacial score (nSPS) is 12.2. The second-order valence-electron chi connectivity index (χ2n) is 3.70. The van der Waals surface area contributed by atoms with Crippen LogP contribution in [-0.4, -0.2) is 10.1 Å². The first-order valence-corrected chi connectivity index (χ1v) is 7.38. The average molecular weight is 280 g/mol. The maximum atomic E-state index is 12.0. The molecule has 6 heteroatoms. The van der Waals surface area contributed by atoms with E-state index in [-0.39, 0.29) is 0 Å². The Morgan fingerprint density at radius 3 is 2.67 bits per heavy atom. The molecule has 94 valence electrons. The summed E-state index contributed by atoms with van der Waals surface area (Å²) in [4.78, 5) is 11.0. The van der Waals surface area contributed by atoms with Gasteiger partial charge in [0.05, 0.1) is 20.8 Å². The molecule has 0 aliphatic rings. The van der Waals surface area contributed by atoms with Gasteiger partial charge < -0.3 is 11.5 Å². The zero-order valence-corrected chi connectivity index (χ0v) is 11.1. The fraction of sp³-hybridized carbons (Fsp3) is 0.0833. The summed E-state index contributed by atoms with van der Waals surface area (Å²) in [6.45, 7) is 0. The first-order valence-electron chi connectivity index (χ1n) is 5.18. The summed E-state index contributed by atoms with van der Waals surface area (Å²) in [7, 11) is -1.11. The molecule has 2 rings (SSSR count). The molecule has 0 saturated heterocycles. The van der Waals surface area contributed by atoms with E-state index in [9.17, 15) is 9.00 Å². The van der Waals surface area contributed by atoms with Crippen LogP contribution in [0.2, 0.25) is 0 Å². The summed E-state index contributed by atoms with van der Waals surface area (Å²) in [5.74, 6) is -0.182. The second kappa shape index (κ2) is 5.32. The molecule has 2 aromatic rings. The predicted molar refractivity (Wildman–Crippen MR) is 73.8 cm³/mol. The lowest BCUT2D eigenvalue weighted by Crippen LogP contribution is -2.12. The minimum atomic E-state index is -1.11. The number of rotatable bonds is 4. The van der Waals surface area contributed by atoms with E-state index in [1.165, 1.54) is 17.4 Å². The van der Waals surface area contributed by atoms with Crippen LogP contribution in [0.1, 0.15) is 15.9 Å². The van der Waals surface area contributed by atoms with Crippen LogP contribution in [0.25, 0.3) is 0 Å².